The SMILES string of the molecule is CC(=O)c1cccc(NC(=S)N[C@H]2CC[C@@H](Nc3nc4c(c(N(C)C)n3)CCCC4)CC2)c1. The Morgan fingerprint density at radius 1 is 1.06 bits per heavy atom. The number of rotatable bonds is 6. The quantitative estimate of drug-likeness (QED) is 0.429. The summed E-state index contributed by atoms with van der Waals surface area (Å²) in [4.78, 5) is 23.4. The topological polar surface area (TPSA) is 82.2 Å². The smallest absolute Gasteiger partial charge is 0.225 e. The number of carbonyl (C=O) groups excluding carboxylic acids is 1. The van der Waals surface area contributed by atoms with Crippen LogP contribution in [0, 0.1) is 0 Å². The van der Waals surface area contributed by atoms with Crippen molar-refractivity contribution in [3.05, 3.63) is 41.1 Å². The lowest BCUT2D eigenvalue weighted by Gasteiger charge is -2.31. The molecule has 1 aromatic heterocycles. The third-order valence-electron chi connectivity index (χ3n) is 6.51. The number of anilines is 3. The van der Waals surface area contributed by atoms with Gasteiger partial charge in [-0.15, -0.1) is 0 Å². The molecule has 1 saturated carbocycles. The van der Waals surface area contributed by atoms with Gasteiger partial charge in [-0.3, -0.25) is 4.79 Å². The molecule has 33 heavy (non-hydrogen) atoms. The molecule has 2 aliphatic rings. The molecule has 1 aromatic carbocycles. The molecule has 0 aliphatic heterocycles. The van der Waals surface area contributed by atoms with Crippen molar-refractivity contribution in [3.63, 3.8) is 0 Å². The highest BCUT2D eigenvalue weighted by Gasteiger charge is 2.24. The van der Waals surface area contributed by atoms with E-state index in [0.717, 1.165) is 56.0 Å². The first-order valence-corrected chi connectivity index (χ1v) is 12.3. The van der Waals surface area contributed by atoms with Gasteiger partial charge in [0.1, 0.15) is 5.82 Å². The predicted octanol–water partition coefficient (Wildman–Crippen LogP) is 4.33. The molecule has 0 amide bonds. The molecule has 2 aliphatic carbocycles. The van der Waals surface area contributed by atoms with E-state index in [4.69, 9.17) is 22.2 Å². The standard InChI is InChI=1S/C25H34N6OS/c1-16(32)17-7-6-8-20(15-17)28-25(33)27-19-13-11-18(12-14-19)26-24-29-22-10-5-4-9-21(22)23(30-24)31(2)3/h6-8,15,18-19H,4-5,9-14H2,1-3H3,(H,26,29,30)(H2,27,28,33)/t18-,19+. The van der Waals surface area contributed by atoms with Gasteiger partial charge in [0.15, 0.2) is 10.9 Å². The van der Waals surface area contributed by atoms with E-state index in [9.17, 15) is 4.79 Å². The average molecular weight is 467 g/mol. The maximum Gasteiger partial charge on any atom is 0.225 e. The van der Waals surface area contributed by atoms with Gasteiger partial charge in [-0.05, 0) is 82.6 Å². The van der Waals surface area contributed by atoms with Gasteiger partial charge in [0.2, 0.25) is 5.95 Å². The minimum Gasteiger partial charge on any atom is -0.362 e. The molecule has 7 nitrogen and oxygen atoms in total. The average Bonchev–Trinajstić information content (AvgIpc) is 2.80. The number of benzene rings is 1. The Hall–Kier alpha value is -2.74. The molecule has 4 rings (SSSR count). The molecule has 8 heteroatoms. The lowest BCUT2D eigenvalue weighted by atomic mass is 9.91. The first-order chi connectivity index (χ1) is 15.9. The Labute approximate surface area is 201 Å². The fourth-order valence-corrected chi connectivity index (χ4v) is 5.03. The Morgan fingerprint density at radius 2 is 1.79 bits per heavy atom. The summed E-state index contributed by atoms with van der Waals surface area (Å²) in [6, 6.07) is 8.13. The van der Waals surface area contributed by atoms with Gasteiger partial charge in [-0.1, -0.05) is 12.1 Å². The van der Waals surface area contributed by atoms with Gasteiger partial charge in [0, 0.05) is 43.0 Å². The lowest BCUT2D eigenvalue weighted by Crippen LogP contribution is -2.42. The van der Waals surface area contributed by atoms with E-state index >= 15 is 0 Å². The number of hydrogen-bond donors (Lipinski definition) is 3. The van der Waals surface area contributed by atoms with Gasteiger partial charge in [0.25, 0.3) is 0 Å². The summed E-state index contributed by atoms with van der Waals surface area (Å²) in [5.41, 5.74) is 4.04. The zero-order valence-corrected chi connectivity index (χ0v) is 20.6. The van der Waals surface area contributed by atoms with Crippen LogP contribution in [0.5, 0.6) is 0 Å². The van der Waals surface area contributed by atoms with E-state index in [1.807, 2.05) is 24.3 Å². The molecule has 0 bridgehead atoms. The zero-order chi connectivity index (χ0) is 23.4. The van der Waals surface area contributed by atoms with Crippen molar-refractivity contribution < 1.29 is 4.79 Å². The van der Waals surface area contributed by atoms with E-state index in [0.29, 0.717) is 22.8 Å². The van der Waals surface area contributed by atoms with Crippen molar-refractivity contribution in [3.8, 4) is 0 Å². The van der Waals surface area contributed by atoms with Crippen LogP contribution >= 0.6 is 12.2 Å². The molecule has 1 fully saturated rings. The Bertz CT molecular complexity index is 1020. The molecule has 0 spiro atoms. The summed E-state index contributed by atoms with van der Waals surface area (Å²) in [6.07, 6.45) is 8.68. The summed E-state index contributed by atoms with van der Waals surface area (Å²) in [6.45, 7) is 1.57. The molecule has 0 radical (unpaired) electrons. The van der Waals surface area contributed by atoms with Crippen molar-refractivity contribution >= 4 is 40.6 Å². The Balaban J connectivity index is 1.29. The number of nitrogens with one attached hydrogen (secondary N) is 3. The number of thiocarbonyl (C=S) groups is 1. The van der Waals surface area contributed by atoms with E-state index in [-0.39, 0.29) is 5.78 Å². The maximum absolute atomic E-state index is 11.6. The fourth-order valence-electron chi connectivity index (χ4n) is 4.74. The molecular weight excluding hydrogens is 432 g/mol. The van der Waals surface area contributed by atoms with Gasteiger partial charge in [-0.25, -0.2) is 4.98 Å². The molecular formula is C25H34N6OS. The minimum atomic E-state index is 0.0453. The number of Topliss-reactive ketones (excluding diaryl/α,β-unsaturated/α-hetero) is 1. The fraction of sp³-hybridized carbons (Fsp3) is 0.520. The van der Waals surface area contributed by atoms with Crippen molar-refractivity contribution in [2.24, 2.45) is 0 Å². The number of hydrogen-bond acceptors (Lipinski definition) is 6. The van der Waals surface area contributed by atoms with Crippen LogP contribution in [0.1, 0.15) is 67.1 Å². The molecule has 0 saturated heterocycles. The second kappa shape index (κ2) is 10.5. The van der Waals surface area contributed by atoms with Crippen LogP contribution in [0.2, 0.25) is 0 Å². The van der Waals surface area contributed by atoms with Gasteiger partial charge < -0.3 is 20.9 Å². The largest absolute Gasteiger partial charge is 0.362 e. The number of carbonyl (C=O) groups is 1. The predicted molar refractivity (Wildman–Crippen MR) is 138 cm³/mol. The Morgan fingerprint density at radius 3 is 2.52 bits per heavy atom. The zero-order valence-electron chi connectivity index (χ0n) is 19.8. The first-order valence-electron chi connectivity index (χ1n) is 11.9. The van der Waals surface area contributed by atoms with Crippen LogP contribution in [0.4, 0.5) is 17.5 Å². The van der Waals surface area contributed by atoms with Crippen molar-refractivity contribution in [1.29, 1.82) is 0 Å². The molecule has 176 valence electrons. The van der Waals surface area contributed by atoms with Crippen LogP contribution in [0.3, 0.4) is 0 Å². The number of fused-ring (bicyclic) bond motifs is 1. The minimum absolute atomic E-state index is 0.0453. The highest BCUT2D eigenvalue weighted by atomic mass is 32.1. The van der Waals surface area contributed by atoms with Crippen molar-refractivity contribution in [2.75, 3.05) is 29.6 Å². The summed E-state index contributed by atoms with van der Waals surface area (Å²) in [7, 11) is 4.12. The van der Waals surface area contributed by atoms with E-state index in [1.54, 1.807) is 6.92 Å². The normalized spacial score (nSPS) is 19.8. The molecule has 0 unspecified atom stereocenters. The summed E-state index contributed by atoms with van der Waals surface area (Å²) < 4.78 is 0. The van der Waals surface area contributed by atoms with Crippen LogP contribution in [-0.4, -0.2) is 47.0 Å². The molecule has 0 atom stereocenters. The van der Waals surface area contributed by atoms with Crippen LogP contribution < -0.4 is 20.9 Å². The second-order valence-corrected chi connectivity index (χ2v) is 9.73. The number of aromatic nitrogens is 2. The molecule has 2 aromatic rings. The third-order valence-corrected chi connectivity index (χ3v) is 6.73. The van der Waals surface area contributed by atoms with Crippen molar-refractivity contribution in [2.45, 2.75) is 70.4 Å². The monoisotopic (exact) mass is 466 g/mol. The first kappa shape index (κ1) is 23.4. The summed E-state index contributed by atoms with van der Waals surface area (Å²) in [5, 5.41) is 10.8. The van der Waals surface area contributed by atoms with Gasteiger partial charge in [-0.2, -0.15) is 4.98 Å². The number of nitrogens with zero attached hydrogens (tertiary/aromatic N) is 3. The summed E-state index contributed by atoms with van der Waals surface area (Å²) in [5.74, 6) is 1.87. The van der Waals surface area contributed by atoms with E-state index in [2.05, 4.69) is 34.9 Å². The van der Waals surface area contributed by atoms with Crippen LogP contribution in [0.15, 0.2) is 24.3 Å². The summed E-state index contributed by atoms with van der Waals surface area (Å²) >= 11 is 5.51. The Kier molecular flexibility index (Phi) is 7.42. The lowest BCUT2D eigenvalue weighted by molar-refractivity contribution is 0.101. The van der Waals surface area contributed by atoms with Crippen molar-refractivity contribution in [1.82, 2.24) is 15.3 Å². The third kappa shape index (κ3) is 5.99. The van der Waals surface area contributed by atoms with Crippen LogP contribution in [-0.2, 0) is 12.8 Å². The van der Waals surface area contributed by atoms with E-state index in [1.165, 1.54) is 24.1 Å². The number of aryl methyl sites for hydroxylation is 1. The van der Waals surface area contributed by atoms with Crippen LogP contribution in [0.25, 0.3) is 0 Å². The molecule has 1 heterocycles. The molecule has 3 N–H and O–H groups in total. The van der Waals surface area contributed by atoms with Gasteiger partial charge in [0.05, 0.1) is 5.69 Å². The maximum atomic E-state index is 11.6. The highest BCUT2D eigenvalue weighted by Crippen LogP contribution is 2.29. The number of ketones is 1. The highest BCUT2D eigenvalue weighted by molar-refractivity contribution is 7.80. The van der Waals surface area contributed by atoms with Gasteiger partial charge >= 0.3 is 0 Å². The van der Waals surface area contributed by atoms with E-state index < -0.39 is 0 Å². The second-order valence-electron chi connectivity index (χ2n) is 9.33.